The summed E-state index contributed by atoms with van der Waals surface area (Å²) < 4.78 is 17.2. The van der Waals surface area contributed by atoms with Gasteiger partial charge in [-0.1, -0.05) is 89.9 Å². The van der Waals surface area contributed by atoms with E-state index in [4.69, 9.17) is 14.2 Å². The summed E-state index contributed by atoms with van der Waals surface area (Å²) in [7, 11) is 0. The van der Waals surface area contributed by atoms with E-state index in [9.17, 15) is 58.5 Å². The first-order valence-electron chi connectivity index (χ1n) is 19.8. The van der Waals surface area contributed by atoms with Gasteiger partial charge in [-0.25, -0.2) is 28.1 Å². The minimum absolute atomic E-state index is 0.0418. The van der Waals surface area contributed by atoms with Crippen LogP contribution in [0.5, 0.6) is 17.2 Å². The van der Waals surface area contributed by atoms with Crippen LogP contribution in [0, 0.1) is 0 Å². The molecule has 0 spiro atoms. The lowest BCUT2D eigenvalue weighted by Crippen LogP contribution is -2.55. The quantitative estimate of drug-likeness (QED) is 0.0606. The van der Waals surface area contributed by atoms with E-state index in [0.29, 0.717) is 65.7 Å². The zero-order valence-corrected chi connectivity index (χ0v) is 38.3. The molecule has 21 heteroatoms. The van der Waals surface area contributed by atoms with Crippen LogP contribution in [0.1, 0.15) is 37.5 Å². The third-order valence-electron chi connectivity index (χ3n) is 8.97. The molecule has 18 nitrogen and oxygen atoms in total. The number of carbonyl (C=O) groups excluding carboxylic acids is 6. The molecular formula is C45H45N3O15S3. The van der Waals surface area contributed by atoms with E-state index in [0.717, 1.165) is 0 Å². The molecule has 0 aliphatic heterocycles. The van der Waals surface area contributed by atoms with Gasteiger partial charge in [0.2, 0.25) is 15.3 Å². The Bertz CT molecular complexity index is 2430. The number of esters is 3. The number of aromatic nitrogens is 3. The number of aromatic hydroxyl groups is 3. The molecule has 1 aromatic heterocycles. The maximum atomic E-state index is 13.5. The smallest absolute Gasteiger partial charge is 0.336 e. The van der Waals surface area contributed by atoms with Crippen molar-refractivity contribution in [3.8, 4) is 17.2 Å². The summed E-state index contributed by atoms with van der Waals surface area (Å²) in [5, 5.41) is 28.5. The number of hydrogen-bond acceptors (Lipinski definition) is 18. The molecule has 348 valence electrons. The van der Waals surface area contributed by atoms with Gasteiger partial charge in [-0.2, -0.15) is 0 Å². The number of carbonyl (C=O) groups is 6. The van der Waals surface area contributed by atoms with E-state index < -0.39 is 107 Å². The Hall–Kier alpha value is -6.84. The van der Waals surface area contributed by atoms with Crippen LogP contribution >= 0.6 is 35.3 Å². The molecule has 0 atom stereocenters. The van der Waals surface area contributed by atoms with Gasteiger partial charge in [0.25, 0.3) is 0 Å². The molecule has 0 saturated heterocycles. The van der Waals surface area contributed by atoms with Gasteiger partial charge < -0.3 is 29.5 Å². The molecule has 0 unspecified atom stereocenters. The number of ether oxygens (including phenoxy) is 3. The van der Waals surface area contributed by atoms with Gasteiger partial charge in [0.15, 0.2) is 0 Å². The average Bonchev–Trinajstić information content (AvgIpc) is 3.29. The lowest BCUT2D eigenvalue weighted by molar-refractivity contribution is -0.141. The molecule has 0 aliphatic rings. The van der Waals surface area contributed by atoms with Crippen molar-refractivity contribution < 1.29 is 58.3 Å². The third-order valence-corrected chi connectivity index (χ3v) is 11.9. The number of hydrogen-bond donors (Lipinski definition) is 3. The van der Waals surface area contributed by atoms with Gasteiger partial charge >= 0.3 is 35.0 Å². The Morgan fingerprint density at radius 2 is 0.697 bits per heavy atom. The Balaban J connectivity index is 1.40. The Labute approximate surface area is 389 Å². The number of thioether (sulfide) groups is 3. The van der Waals surface area contributed by atoms with Crippen LogP contribution in [0.2, 0.25) is 0 Å². The summed E-state index contributed by atoms with van der Waals surface area (Å²) in [6.45, 7) is 1.16. The first kappa shape index (κ1) is 51.8. The van der Waals surface area contributed by atoms with Crippen LogP contribution in [0.3, 0.4) is 0 Å². The van der Waals surface area contributed by atoms with Gasteiger partial charge in [-0.15, -0.1) is 0 Å². The van der Waals surface area contributed by atoms with Crippen LogP contribution in [0.25, 0.3) is 18.2 Å². The van der Waals surface area contributed by atoms with Crippen molar-refractivity contribution in [2.75, 3.05) is 37.1 Å². The molecule has 4 rings (SSSR count). The molecule has 3 N–H and O–H groups in total. The van der Waals surface area contributed by atoms with E-state index in [-0.39, 0.29) is 34.0 Å². The molecule has 3 aromatic carbocycles. The minimum Gasteiger partial charge on any atom is -0.507 e. The van der Waals surface area contributed by atoms with Crippen molar-refractivity contribution >= 4 is 86.8 Å². The van der Waals surface area contributed by atoms with Crippen LogP contribution in [0.15, 0.2) is 104 Å². The van der Waals surface area contributed by atoms with Crippen LogP contribution in [0.4, 0.5) is 0 Å². The monoisotopic (exact) mass is 963 g/mol. The molecular weight excluding hydrogens is 919 g/mol. The number of rotatable bonds is 21. The second kappa shape index (κ2) is 25.6. The summed E-state index contributed by atoms with van der Waals surface area (Å²) in [6, 6.07) is 19.0. The molecule has 0 saturated carbocycles. The molecule has 0 aliphatic carbocycles. The second-order valence-corrected chi connectivity index (χ2v) is 16.7. The van der Waals surface area contributed by atoms with Gasteiger partial charge in [-0.3, -0.25) is 28.8 Å². The predicted octanol–water partition coefficient (Wildman–Crippen LogP) is 4.01. The SMILES string of the molecule is C/C(=C/c1ccccc1O)C(=O)SCC(=O)OCCn1c(=O)n(CCOC(=O)CSC(=O)/C(C)=C/c2ccccc2O)c(=O)n(CCOC(=O)CSC(=O)/C(C)=C/c2ccccc2O)c1=O. The average molecular weight is 964 g/mol. The highest BCUT2D eigenvalue weighted by Gasteiger charge is 2.19. The Morgan fingerprint density at radius 1 is 0.455 bits per heavy atom. The molecule has 0 amide bonds. The zero-order valence-electron chi connectivity index (χ0n) is 35.8. The zero-order chi connectivity index (χ0) is 48.3. The topological polar surface area (TPSA) is 257 Å². The molecule has 4 aromatic rings. The van der Waals surface area contributed by atoms with Gasteiger partial charge in [0.05, 0.1) is 36.9 Å². The molecule has 0 bridgehead atoms. The summed E-state index contributed by atoms with van der Waals surface area (Å²) in [6.07, 6.45) is 4.35. The number of phenolic OH excluding ortho intramolecular Hbond substituents is 3. The third kappa shape index (κ3) is 15.7. The first-order chi connectivity index (χ1) is 31.5. The second-order valence-electron chi connectivity index (χ2n) is 13.9. The maximum Gasteiger partial charge on any atom is 0.336 e. The summed E-state index contributed by atoms with van der Waals surface area (Å²) in [5.41, 5.74) is -1.57. The summed E-state index contributed by atoms with van der Waals surface area (Å²) in [5.74, 6) is -4.05. The predicted molar refractivity (Wildman–Crippen MR) is 250 cm³/mol. The standard InChI is InChI=1S/C45H45N3O15S3/c1-28(22-31-10-4-7-13-34(31)49)40(55)64-25-37(52)61-19-16-46-43(58)47(17-20-62-38(53)26-65-41(56)29(2)23-32-11-5-8-14-35(32)50)45(60)48(44(46)59)18-21-63-39(54)27-66-42(57)30(3)24-33-12-6-9-15-36(33)51/h4-15,22-24,49-51H,16-21,25-27H2,1-3H3/b28-22-,29-23+,30-24+. The Kier molecular flexibility index (Phi) is 20.1. The van der Waals surface area contributed by atoms with Gasteiger partial charge in [0, 0.05) is 33.4 Å². The van der Waals surface area contributed by atoms with Crippen molar-refractivity contribution in [1.82, 2.24) is 13.7 Å². The number of benzene rings is 3. The van der Waals surface area contributed by atoms with E-state index in [2.05, 4.69) is 0 Å². The molecule has 1 heterocycles. The number of para-hydroxylation sites is 3. The lowest BCUT2D eigenvalue weighted by atomic mass is 10.1. The summed E-state index contributed by atoms with van der Waals surface area (Å²) >= 11 is 1.87. The lowest BCUT2D eigenvalue weighted by Gasteiger charge is -2.14. The van der Waals surface area contributed by atoms with E-state index >= 15 is 0 Å². The van der Waals surface area contributed by atoms with Crippen molar-refractivity contribution in [3.05, 3.63) is 138 Å². The summed E-state index contributed by atoms with van der Waals surface area (Å²) in [4.78, 5) is 116. The van der Waals surface area contributed by atoms with Crippen molar-refractivity contribution in [1.29, 1.82) is 0 Å². The molecule has 0 radical (unpaired) electrons. The van der Waals surface area contributed by atoms with E-state index in [1.807, 2.05) is 0 Å². The highest BCUT2D eigenvalue weighted by atomic mass is 32.2. The Morgan fingerprint density at radius 3 is 0.939 bits per heavy atom. The van der Waals surface area contributed by atoms with Crippen molar-refractivity contribution in [3.63, 3.8) is 0 Å². The number of nitrogens with zero attached hydrogens (tertiary/aromatic N) is 3. The van der Waals surface area contributed by atoms with Crippen LogP contribution < -0.4 is 17.1 Å². The maximum absolute atomic E-state index is 13.5. The highest BCUT2D eigenvalue weighted by Crippen LogP contribution is 2.24. The van der Waals surface area contributed by atoms with Crippen LogP contribution in [-0.2, 0) is 62.6 Å². The molecule has 66 heavy (non-hydrogen) atoms. The van der Waals surface area contributed by atoms with Crippen LogP contribution in [-0.4, -0.2) is 99.4 Å². The fraction of sp³-hybridized carbons (Fsp3) is 0.267. The van der Waals surface area contributed by atoms with Crippen molar-refractivity contribution in [2.24, 2.45) is 0 Å². The van der Waals surface area contributed by atoms with E-state index in [1.165, 1.54) is 57.2 Å². The highest BCUT2D eigenvalue weighted by molar-refractivity contribution is 8.15. The largest absolute Gasteiger partial charge is 0.507 e. The fourth-order valence-electron chi connectivity index (χ4n) is 5.55. The first-order valence-corrected chi connectivity index (χ1v) is 22.7. The normalized spacial score (nSPS) is 11.8. The minimum atomic E-state index is -1.16. The van der Waals surface area contributed by atoms with E-state index in [1.54, 1.807) is 54.6 Å². The van der Waals surface area contributed by atoms with Crippen molar-refractivity contribution in [2.45, 2.75) is 40.4 Å². The number of phenols is 3. The van der Waals surface area contributed by atoms with Gasteiger partial charge in [0.1, 0.15) is 37.1 Å². The van der Waals surface area contributed by atoms with Gasteiger partial charge in [-0.05, 0) is 57.2 Å². The molecule has 0 fully saturated rings. The fourth-order valence-corrected chi connectivity index (χ4v) is 7.41.